The zero-order valence-corrected chi connectivity index (χ0v) is 13.5. The summed E-state index contributed by atoms with van der Waals surface area (Å²) < 4.78 is 29.7. The average Bonchev–Trinajstić information content (AvgIpc) is 3.03. The minimum atomic E-state index is -3.34. The Morgan fingerprint density at radius 1 is 1.04 bits per heavy atom. The van der Waals surface area contributed by atoms with Gasteiger partial charge in [0.05, 0.1) is 10.6 Å². The molecule has 1 aromatic heterocycles. The first-order valence-electron chi connectivity index (χ1n) is 7.22. The lowest BCUT2D eigenvalue weighted by Gasteiger charge is -2.01. The van der Waals surface area contributed by atoms with Gasteiger partial charge in [-0.3, -0.25) is 0 Å². The summed E-state index contributed by atoms with van der Waals surface area (Å²) in [4.78, 5) is 4.58. The highest BCUT2D eigenvalue weighted by Gasteiger charge is 2.16. The maximum atomic E-state index is 12.2. The Hall–Kier alpha value is -2.47. The van der Waals surface area contributed by atoms with E-state index in [1.807, 2.05) is 31.2 Å². The summed E-state index contributed by atoms with van der Waals surface area (Å²) in [5.74, 6) is 0.742. The molecule has 5 nitrogen and oxygen atoms in total. The van der Waals surface area contributed by atoms with Crippen LogP contribution in [0.3, 0.4) is 0 Å². The number of aromatic nitrogens is 2. The maximum Gasteiger partial charge on any atom is 0.257 e. The van der Waals surface area contributed by atoms with Crippen molar-refractivity contribution in [3.05, 3.63) is 66.0 Å². The first-order chi connectivity index (χ1) is 11.0. The predicted octanol–water partition coefficient (Wildman–Crippen LogP) is 3.06. The van der Waals surface area contributed by atoms with Crippen LogP contribution in [0.15, 0.2) is 64.0 Å². The molecule has 3 aromatic rings. The molecular formula is C17H16N2O3S. The summed E-state index contributed by atoms with van der Waals surface area (Å²) in [7, 11) is -3.34. The van der Waals surface area contributed by atoms with Crippen molar-refractivity contribution >= 4 is 9.84 Å². The molecular weight excluding hydrogens is 312 g/mol. The van der Waals surface area contributed by atoms with Crippen LogP contribution in [-0.2, 0) is 16.3 Å². The first kappa shape index (κ1) is 15.4. The fourth-order valence-electron chi connectivity index (χ4n) is 2.22. The molecule has 0 fully saturated rings. The highest BCUT2D eigenvalue weighted by Crippen LogP contribution is 2.19. The lowest BCUT2D eigenvalue weighted by molar-refractivity contribution is 0.423. The van der Waals surface area contributed by atoms with E-state index in [1.165, 1.54) is 0 Å². The van der Waals surface area contributed by atoms with E-state index in [9.17, 15) is 8.42 Å². The molecule has 0 saturated heterocycles. The van der Waals surface area contributed by atoms with Gasteiger partial charge in [-0.2, -0.15) is 4.98 Å². The second kappa shape index (κ2) is 6.34. The zero-order valence-electron chi connectivity index (χ0n) is 12.6. The molecule has 0 aliphatic heterocycles. The van der Waals surface area contributed by atoms with Gasteiger partial charge in [-0.15, -0.1) is 0 Å². The third-order valence-electron chi connectivity index (χ3n) is 3.43. The van der Waals surface area contributed by atoms with Crippen molar-refractivity contribution in [1.82, 2.24) is 10.1 Å². The molecule has 23 heavy (non-hydrogen) atoms. The van der Waals surface area contributed by atoms with Gasteiger partial charge in [-0.05, 0) is 31.2 Å². The number of rotatable bonds is 5. The van der Waals surface area contributed by atoms with Crippen molar-refractivity contribution in [1.29, 1.82) is 0 Å². The fraction of sp³-hybridized carbons (Fsp3) is 0.176. The third-order valence-corrected chi connectivity index (χ3v) is 5.16. The van der Waals surface area contributed by atoms with Gasteiger partial charge in [0.2, 0.25) is 0 Å². The highest BCUT2D eigenvalue weighted by molar-refractivity contribution is 7.91. The van der Waals surface area contributed by atoms with E-state index in [2.05, 4.69) is 10.1 Å². The predicted molar refractivity (Wildman–Crippen MR) is 86.7 cm³/mol. The molecule has 0 amide bonds. The minimum Gasteiger partial charge on any atom is -0.334 e. The Bertz CT molecular complexity index is 902. The molecule has 0 unspecified atom stereocenters. The first-order valence-corrected chi connectivity index (χ1v) is 8.87. The quantitative estimate of drug-likeness (QED) is 0.719. The Morgan fingerprint density at radius 3 is 2.57 bits per heavy atom. The van der Waals surface area contributed by atoms with Crippen LogP contribution in [0.1, 0.15) is 11.4 Å². The Balaban J connectivity index is 1.73. The number of benzene rings is 2. The summed E-state index contributed by atoms with van der Waals surface area (Å²) in [6.07, 6.45) is 0.215. The molecule has 0 spiro atoms. The van der Waals surface area contributed by atoms with Crippen molar-refractivity contribution in [2.45, 2.75) is 18.2 Å². The zero-order chi connectivity index (χ0) is 16.3. The molecule has 6 heteroatoms. The van der Waals surface area contributed by atoms with E-state index in [0.29, 0.717) is 16.6 Å². The van der Waals surface area contributed by atoms with E-state index in [-0.39, 0.29) is 12.2 Å². The van der Waals surface area contributed by atoms with E-state index < -0.39 is 9.84 Å². The summed E-state index contributed by atoms with van der Waals surface area (Å²) in [6.45, 7) is 1.98. The Morgan fingerprint density at radius 2 is 1.83 bits per heavy atom. The van der Waals surface area contributed by atoms with Gasteiger partial charge in [0, 0.05) is 12.0 Å². The van der Waals surface area contributed by atoms with Crippen LogP contribution in [0.2, 0.25) is 0 Å². The monoisotopic (exact) mass is 328 g/mol. The Kier molecular flexibility index (Phi) is 4.25. The fourth-order valence-corrected chi connectivity index (χ4v) is 3.48. The van der Waals surface area contributed by atoms with Crippen molar-refractivity contribution in [2.24, 2.45) is 0 Å². The molecule has 118 valence electrons. The topological polar surface area (TPSA) is 73.1 Å². The van der Waals surface area contributed by atoms with Crippen LogP contribution < -0.4 is 0 Å². The Labute approximate surface area is 134 Å². The SMILES string of the molecule is Cc1cccc(-c2nc(CCS(=O)(=O)c3ccccc3)no2)c1. The van der Waals surface area contributed by atoms with Crippen LogP contribution in [-0.4, -0.2) is 24.3 Å². The van der Waals surface area contributed by atoms with Crippen LogP contribution in [0, 0.1) is 6.92 Å². The van der Waals surface area contributed by atoms with Crippen LogP contribution in [0.4, 0.5) is 0 Å². The smallest absolute Gasteiger partial charge is 0.257 e. The van der Waals surface area contributed by atoms with Gasteiger partial charge >= 0.3 is 0 Å². The number of nitrogens with zero attached hydrogens (tertiary/aromatic N) is 2. The van der Waals surface area contributed by atoms with Crippen LogP contribution >= 0.6 is 0 Å². The van der Waals surface area contributed by atoms with Crippen molar-refractivity contribution in [2.75, 3.05) is 5.75 Å². The van der Waals surface area contributed by atoms with E-state index in [4.69, 9.17) is 4.52 Å². The summed E-state index contributed by atoms with van der Waals surface area (Å²) in [6, 6.07) is 16.1. The van der Waals surface area contributed by atoms with Gasteiger partial charge in [-0.1, -0.05) is 41.1 Å². The van der Waals surface area contributed by atoms with Crippen LogP contribution in [0.25, 0.3) is 11.5 Å². The third kappa shape index (κ3) is 3.65. The van der Waals surface area contributed by atoms with E-state index in [1.54, 1.807) is 30.3 Å². The molecule has 0 aliphatic carbocycles. The molecule has 0 radical (unpaired) electrons. The lowest BCUT2D eigenvalue weighted by Crippen LogP contribution is -2.09. The molecule has 2 aromatic carbocycles. The highest BCUT2D eigenvalue weighted by atomic mass is 32.2. The minimum absolute atomic E-state index is 0.0518. The van der Waals surface area contributed by atoms with E-state index >= 15 is 0 Å². The molecule has 3 rings (SSSR count). The number of hydrogen-bond donors (Lipinski definition) is 0. The van der Waals surface area contributed by atoms with Gasteiger partial charge < -0.3 is 4.52 Å². The number of aryl methyl sites for hydroxylation is 2. The summed E-state index contributed by atoms with van der Waals surface area (Å²) in [5.41, 5.74) is 1.92. The van der Waals surface area contributed by atoms with E-state index in [0.717, 1.165) is 11.1 Å². The summed E-state index contributed by atoms with van der Waals surface area (Å²) >= 11 is 0. The lowest BCUT2D eigenvalue weighted by atomic mass is 10.1. The molecule has 0 N–H and O–H groups in total. The van der Waals surface area contributed by atoms with Crippen molar-refractivity contribution in [3.63, 3.8) is 0 Å². The normalized spacial score (nSPS) is 11.5. The van der Waals surface area contributed by atoms with Crippen molar-refractivity contribution < 1.29 is 12.9 Å². The van der Waals surface area contributed by atoms with Gasteiger partial charge in [0.25, 0.3) is 5.89 Å². The second-order valence-electron chi connectivity index (χ2n) is 5.27. The standard InChI is InChI=1S/C17H16N2O3S/c1-13-6-5-7-14(12-13)17-18-16(19-22-17)10-11-23(20,21)15-8-3-2-4-9-15/h2-9,12H,10-11H2,1H3. The molecule has 0 aliphatic rings. The van der Waals surface area contributed by atoms with Gasteiger partial charge in [0.15, 0.2) is 15.7 Å². The van der Waals surface area contributed by atoms with Gasteiger partial charge in [-0.25, -0.2) is 8.42 Å². The maximum absolute atomic E-state index is 12.2. The van der Waals surface area contributed by atoms with Crippen LogP contribution in [0.5, 0.6) is 0 Å². The second-order valence-corrected chi connectivity index (χ2v) is 7.38. The number of sulfone groups is 1. The summed E-state index contributed by atoms with van der Waals surface area (Å²) in [5, 5.41) is 3.87. The largest absolute Gasteiger partial charge is 0.334 e. The molecule has 0 bridgehead atoms. The average molecular weight is 328 g/mol. The molecule has 0 atom stereocenters. The number of hydrogen-bond acceptors (Lipinski definition) is 5. The molecule has 0 saturated carbocycles. The van der Waals surface area contributed by atoms with Gasteiger partial charge in [0.1, 0.15) is 0 Å². The molecule has 1 heterocycles. The van der Waals surface area contributed by atoms with Crippen molar-refractivity contribution in [3.8, 4) is 11.5 Å².